The number of carboxylic acid groups (broad SMARTS) is 1. The van der Waals surface area contributed by atoms with E-state index in [1.807, 2.05) is 0 Å². The van der Waals surface area contributed by atoms with E-state index in [1.165, 1.54) is 0 Å². The molecule has 0 atom stereocenters. The Morgan fingerprint density at radius 3 is 2.37 bits per heavy atom. The normalized spacial score (nSPS) is 11.3. The number of nitrogens with zero attached hydrogens (tertiary/aromatic N) is 1. The van der Waals surface area contributed by atoms with Gasteiger partial charge in [0.05, 0.1) is 6.42 Å². The molecular weight excluding hydrogens is 279 g/mol. The summed E-state index contributed by atoms with van der Waals surface area (Å²) in [7, 11) is 0. The molecule has 106 valence electrons. The smallest absolute Gasteiger partial charge is 0.441 e. The van der Waals surface area contributed by atoms with Gasteiger partial charge in [-0.25, -0.2) is 0 Å². The first-order chi connectivity index (χ1) is 8.88. The minimum absolute atomic E-state index is 0.0983. The lowest BCUT2D eigenvalue weighted by Gasteiger charge is -2.24. The average Bonchev–Trinajstić information content (AvgIpc) is 2.33. The number of alkyl halides is 3. The highest BCUT2D eigenvalue weighted by atomic mass is 32.2. The fourth-order valence-electron chi connectivity index (χ4n) is 1.51. The monoisotopic (exact) mass is 293 g/mol. The highest BCUT2D eigenvalue weighted by Crippen LogP contribution is 2.30. The molecule has 0 amide bonds. The van der Waals surface area contributed by atoms with Crippen molar-refractivity contribution < 1.29 is 23.1 Å². The minimum Gasteiger partial charge on any atom is -0.481 e. The number of thioether (sulfide) groups is 1. The van der Waals surface area contributed by atoms with Gasteiger partial charge in [-0.2, -0.15) is 13.2 Å². The van der Waals surface area contributed by atoms with Crippen LogP contribution in [0.1, 0.15) is 6.42 Å². The number of hydrogen-bond donors (Lipinski definition) is 1. The Labute approximate surface area is 113 Å². The number of aliphatic carboxylic acids is 1. The standard InChI is InChI=1S/C12H14F3NO2S/c13-12(14,15)19-9-8-16(7-6-11(17)18)10-4-2-1-3-5-10/h1-5H,6-9H2,(H,17,18). The number of benzene rings is 1. The Bertz CT molecular complexity index is 398. The second kappa shape index (κ2) is 7.28. The van der Waals surface area contributed by atoms with Crippen LogP contribution >= 0.6 is 11.8 Å². The van der Waals surface area contributed by atoms with Crippen molar-refractivity contribution in [3.05, 3.63) is 30.3 Å². The zero-order chi connectivity index (χ0) is 14.3. The summed E-state index contributed by atoms with van der Waals surface area (Å²) >= 11 is -0.0983. The molecular formula is C12H14F3NO2S. The molecule has 1 aromatic rings. The van der Waals surface area contributed by atoms with E-state index >= 15 is 0 Å². The molecule has 0 bridgehead atoms. The maximum Gasteiger partial charge on any atom is 0.441 e. The second-order valence-corrected chi connectivity index (χ2v) is 4.92. The third-order valence-electron chi connectivity index (χ3n) is 2.34. The number of anilines is 1. The van der Waals surface area contributed by atoms with E-state index in [1.54, 1.807) is 35.2 Å². The van der Waals surface area contributed by atoms with Crippen molar-refractivity contribution in [2.24, 2.45) is 0 Å². The van der Waals surface area contributed by atoms with E-state index in [4.69, 9.17) is 5.11 Å². The number of rotatable bonds is 7. The quantitative estimate of drug-likeness (QED) is 0.838. The van der Waals surface area contributed by atoms with Crippen molar-refractivity contribution in [2.45, 2.75) is 11.9 Å². The Balaban J connectivity index is 2.57. The van der Waals surface area contributed by atoms with Crippen LogP contribution in [0.4, 0.5) is 18.9 Å². The fraction of sp³-hybridized carbons (Fsp3) is 0.417. The Morgan fingerprint density at radius 2 is 1.84 bits per heavy atom. The van der Waals surface area contributed by atoms with Crippen molar-refractivity contribution >= 4 is 23.4 Å². The molecule has 0 fully saturated rings. The molecule has 1 N–H and O–H groups in total. The number of halogens is 3. The molecule has 3 nitrogen and oxygen atoms in total. The molecule has 0 radical (unpaired) electrons. The van der Waals surface area contributed by atoms with E-state index in [2.05, 4.69) is 0 Å². The van der Waals surface area contributed by atoms with Crippen LogP contribution in [-0.2, 0) is 4.79 Å². The summed E-state index contributed by atoms with van der Waals surface area (Å²) in [4.78, 5) is 12.2. The predicted molar refractivity (Wildman–Crippen MR) is 69.4 cm³/mol. The van der Waals surface area contributed by atoms with Crippen LogP contribution in [-0.4, -0.2) is 35.4 Å². The van der Waals surface area contributed by atoms with Gasteiger partial charge in [-0.15, -0.1) is 0 Å². The van der Waals surface area contributed by atoms with Gasteiger partial charge in [-0.1, -0.05) is 18.2 Å². The lowest BCUT2D eigenvalue weighted by Crippen LogP contribution is -2.29. The van der Waals surface area contributed by atoms with Gasteiger partial charge in [0.15, 0.2) is 0 Å². The summed E-state index contributed by atoms with van der Waals surface area (Å²) in [5, 5.41) is 8.65. The first kappa shape index (κ1) is 15.7. The first-order valence-electron chi connectivity index (χ1n) is 5.61. The Hall–Kier alpha value is -1.37. The minimum atomic E-state index is -4.25. The van der Waals surface area contributed by atoms with Gasteiger partial charge in [0.2, 0.25) is 0 Å². The number of hydrogen-bond acceptors (Lipinski definition) is 3. The summed E-state index contributed by atoms with van der Waals surface area (Å²) in [5.41, 5.74) is -3.53. The molecule has 7 heteroatoms. The fourth-order valence-corrected chi connectivity index (χ4v) is 2.05. The van der Waals surface area contributed by atoms with Crippen LogP contribution < -0.4 is 4.90 Å². The molecule has 0 aromatic heterocycles. The van der Waals surface area contributed by atoms with Gasteiger partial charge < -0.3 is 10.0 Å². The van der Waals surface area contributed by atoms with Crippen LogP contribution in [0.2, 0.25) is 0 Å². The predicted octanol–water partition coefficient (Wildman–Crippen LogP) is 3.22. The molecule has 0 aliphatic carbocycles. The summed E-state index contributed by atoms with van der Waals surface area (Å²) in [6.07, 6.45) is -0.106. The van der Waals surface area contributed by atoms with Gasteiger partial charge in [0.25, 0.3) is 0 Å². The lowest BCUT2D eigenvalue weighted by atomic mass is 10.2. The molecule has 0 saturated heterocycles. The van der Waals surface area contributed by atoms with Crippen molar-refractivity contribution in [1.29, 1.82) is 0 Å². The summed E-state index contributed by atoms with van der Waals surface area (Å²) < 4.78 is 36.2. The summed E-state index contributed by atoms with van der Waals surface area (Å²) in [5.74, 6) is -1.10. The van der Waals surface area contributed by atoms with E-state index in [9.17, 15) is 18.0 Å². The molecule has 0 saturated carbocycles. The molecule has 1 aromatic carbocycles. The molecule has 0 aliphatic heterocycles. The Kier molecular flexibility index (Phi) is 6.01. The van der Waals surface area contributed by atoms with E-state index in [0.717, 1.165) is 5.69 Å². The number of carboxylic acids is 1. The average molecular weight is 293 g/mol. The molecule has 1 rings (SSSR count). The molecule has 0 spiro atoms. The van der Waals surface area contributed by atoms with E-state index < -0.39 is 11.5 Å². The van der Waals surface area contributed by atoms with Crippen LogP contribution in [0.3, 0.4) is 0 Å². The van der Waals surface area contributed by atoms with Crippen molar-refractivity contribution in [2.75, 3.05) is 23.7 Å². The molecule has 0 unspecified atom stereocenters. The van der Waals surface area contributed by atoms with Gasteiger partial charge in [-0.3, -0.25) is 4.79 Å². The van der Waals surface area contributed by atoms with Crippen molar-refractivity contribution in [3.63, 3.8) is 0 Å². The topological polar surface area (TPSA) is 40.5 Å². The zero-order valence-corrected chi connectivity index (χ0v) is 10.9. The highest BCUT2D eigenvalue weighted by molar-refractivity contribution is 8.00. The first-order valence-corrected chi connectivity index (χ1v) is 6.59. The van der Waals surface area contributed by atoms with Gasteiger partial charge >= 0.3 is 11.5 Å². The lowest BCUT2D eigenvalue weighted by molar-refractivity contribution is -0.136. The number of carbonyl (C=O) groups is 1. The molecule has 19 heavy (non-hydrogen) atoms. The number of para-hydroxylation sites is 1. The van der Waals surface area contributed by atoms with Crippen LogP contribution in [0, 0.1) is 0 Å². The third-order valence-corrected chi connectivity index (χ3v) is 3.06. The van der Waals surface area contributed by atoms with Crippen LogP contribution in [0.15, 0.2) is 30.3 Å². The van der Waals surface area contributed by atoms with Crippen molar-refractivity contribution in [3.8, 4) is 0 Å². The summed E-state index contributed by atoms with van der Waals surface area (Å²) in [6, 6.07) is 8.82. The summed E-state index contributed by atoms with van der Waals surface area (Å²) in [6.45, 7) is 0.346. The van der Waals surface area contributed by atoms with Crippen molar-refractivity contribution in [1.82, 2.24) is 0 Å². The van der Waals surface area contributed by atoms with E-state index in [-0.39, 0.29) is 37.0 Å². The SMILES string of the molecule is O=C(O)CCN(CCSC(F)(F)F)c1ccccc1. The van der Waals surface area contributed by atoms with E-state index in [0.29, 0.717) is 0 Å². The highest BCUT2D eigenvalue weighted by Gasteiger charge is 2.27. The largest absolute Gasteiger partial charge is 0.481 e. The third kappa shape index (κ3) is 6.95. The molecule has 0 aliphatic rings. The van der Waals surface area contributed by atoms with Crippen LogP contribution in [0.25, 0.3) is 0 Å². The second-order valence-electron chi connectivity index (χ2n) is 3.76. The van der Waals surface area contributed by atoms with Gasteiger partial charge in [0.1, 0.15) is 0 Å². The maximum absolute atomic E-state index is 12.1. The zero-order valence-electron chi connectivity index (χ0n) is 10.1. The Morgan fingerprint density at radius 1 is 1.21 bits per heavy atom. The molecule has 0 heterocycles. The maximum atomic E-state index is 12.1. The van der Waals surface area contributed by atoms with Crippen LogP contribution in [0.5, 0.6) is 0 Å². The van der Waals surface area contributed by atoms with Gasteiger partial charge in [0, 0.05) is 24.5 Å². The van der Waals surface area contributed by atoms with Gasteiger partial charge in [-0.05, 0) is 23.9 Å².